The second-order valence-electron chi connectivity index (χ2n) is 10.7. The van der Waals surface area contributed by atoms with Gasteiger partial charge in [0.1, 0.15) is 6.33 Å². The van der Waals surface area contributed by atoms with Gasteiger partial charge >= 0.3 is 0 Å². The Morgan fingerprint density at radius 2 is 1.74 bits per heavy atom. The average Bonchev–Trinajstić information content (AvgIpc) is 3.33. The van der Waals surface area contributed by atoms with E-state index in [1.165, 1.54) is 42.4 Å². The number of amides is 1. The molecule has 0 bridgehead atoms. The number of hydrogen-bond donors (Lipinski definition) is 0. The minimum absolute atomic E-state index is 0.146. The lowest BCUT2D eigenvalue weighted by molar-refractivity contribution is -0.113. The monoisotopic (exact) mass is 540 g/mol. The van der Waals surface area contributed by atoms with E-state index in [1.54, 1.807) is 6.33 Å². The number of rotatable bonds is 5. The Balaban J connectivity index is 1.24. The second kappa shape index (κ2) is 11.5. The molecular formula is C31H36N6OS. The second-order valence-corrected chi connectivity index (χ2v) is 11.7. The average molecular weight is 541 g/mol. The Bertz CT molecular complexity index is 1440. The highest BCUT2D eigenvalue weighted by atomic mass is 32.2. The normalized spacial score (nSPS) is 19.8. The number of aryl methyl sites for hydroxylation is 1. The van der Waals surface area contributed by atoms with Crippen LogP contribution in [-0.4, -0.2) is 76.7 Å². The number of likely N-dealkylation sites (tertiary alicyclic amines) is 1. The summed E-state index contributed by atoms with van der Waals surface area (Å²) < 4.78 is 0. The van der Waals surface area contributed by atoms with E-state index in [4.69, 9.17) is 4.98 Å². The molecule has 2 aromatic carbocycles. The van der Waals surface area contributed by atoms with Gasteiger partial charge in [0.25, 0.3) is 5.91 Å². The first kappa shape index (κ1) is 26.0. The number of amidine groups is 1. The number of carbonyl (C=O) groups excluding carboxylic acids is 1. The summed E-state index contributed by atoms with van der Waals surface area (Å²) in [6, 6.07) is 12.8. The highest BCUT2D eigenvalue weighted by Crippen LogP contribution is 2.34. The zero-order valence-electron chi connectivity index (χ0n) is 22.9. The number of carbonyl (C=O) groups is 1. The van der Waals surface area contributed by atoms with E-state index >= 15 is 0 Å². The van der Waals surface area contributed by atoms with E-state index in [0.717, 1.165) is 85.0 Å². The molecule has 1 aromatic heterocycles. The maximum Gasteiger partial charge on any atom is 0.286 e. The number of piperazine rings is 1. The van der Waals surface area contributed by atoms with Crippen LogP contribution >= 0.6 is 11.8 Å². The van der Waals surface area contributed by atoms with Crippen LogP contribution in [0.2, 0.25) is 0 Å². The number of hydrogen-bond acceptors (Lipinski definition) is 7. The third kappa shape index (κ3) is 5.58. The van der Waals surface area contributed by atoms with Crippen LogP contribution in [0.1, 0.15) is 43.7 Å². The summed E-state index contributed by atoms with van der Waals surface area (Å²) in [5.41, 5.74) is 6.42. The largest absolute Gasteiger partial charge is 0.369 e. The van der Waals surface area contributed by atoms with Gasteiger partial charge in [-0.2, -0.15) is 4.99 Å². The van der Waals surface area contributed by atoms with Crippen molar-refractivity contribution in [2.75, 3.05) is 50.7 Å². The van der Waals surface area contributed by atoms with Crippen LogP contribution in [0.15, 0.2) is 52.6 Å². The molecule has 2 fully saturated rings. The maximum absolute atomic E-state index is 12.7. The molecule has 39 heavy (non-hydrogen) atoms. The summed E-state index contributed by atoms with van der Waals surface area (Å²) in [5.74, 6) is -0.146. The van der Waals surface area contributed by atoms with E-state index in [9.17, 15) is 4.79 Å². The molecule has 2 saturated heterocycles. The molecule has 8 heteroatoms. The third-order valence-corrected chi connectivity index (χ3v) is 8.96. The molecular weight excluding hydrogens is 504 g/mol. The number of piperidine rings is 1. The minimum Gasteiger partial charge on any atom is -0.369 e. The summed E-state index contributed by atoms with van der Waals surface area (Å²) in [6.45, 7) is 12.0. The topological polar surface area (TPSA) is 64.9 Å². The van der Waals surface area contributed by atoms with E-state index in [2.05, 4.69) is 62.8 Å². The molecule has 6 rings (SSSR count). The third-order valence-electron chi connectivity index (χ3n) is 7.92. The first-order chi connectivity index (χ1) is 19.1. The summed E-state index contributed by atoms with van der Waals surface area (Å²) in [4.78, 5) is 34.2. The van der Waals surface area contributed by atoms with Crippen molar-refractivity contribution in [3.8, 4) is 11.3 Å². The molecule has 0 atom stereocenters. The van der Waals surface area contributed by atoms with Crippen LogP contribution in [0, 0.1) is 6.92 Å². The fourth-order valence-electron chi connectivity index (χ4n) is 5.85. The fraction of sp³-hybridized carbons (Fsp3) is 0.419. The summed E-state index contributed by atoms with van der Waals surface area (Å²) in [5, 5.41) is 1.83. The highest BCUT2D eigenvalue weighted by Gasteiger charge is 2.27. The Morgan fingerprint density at radius 3 is 2.51 bits per heavy atom. The first-order valence-corrected chi connectivity index (χ1v) is 15.0. The minimum atomic E-state index is -0.146. The van der Waals surface area contributed by atoms with Gasteiger partial charge in [-0.3, -0.25) is 9.69 Å². The van der Waals surface area contributed by atoms with Gasteiger partial charge in [-0.1, -0.05) is 19.1 Å². The quantitative estimate of drug-likeness (QED) is 0.391. The van der Waals surface area contributed by atoms with Crippen molar-refractivity contribution in [2.24, 2.45) is 4.99 Å². The Hall–Kier alpha value is -3.23. The summed E-state index contributed by atoms with van der Waals surface area (Å²) >= 11 is 1.49. The smallest absolute Gasteiger partial charge is 0.286 e. The zero-order chi connectivity index (χ0) is 26.8. The Labute approximate surface area is 235 Å². The Morgan fingerprint density at radius 1 is 0.923 bits per heavy atom. The van der Waals surface area contributed by atoms with Crippen molar-refractivity contribution in [1.29, 1.82) is 0 Å². The van der Waals surface area contributed by atoms with Crippen LogP contribution in [0.5, 0.6) is 0 Å². The van der Waals surface area contributed by atoms with Crippen molar-refractivity contribution in [1.82, 2.24) is 19.8 Å². The van der Waals surface area contributed by atoms with E-state index < -0.39 is 0 Å². The standard InChI is InChI=1S/C31H36N6OS/c1-3-11-35-14-16-36(17-15-35)27-10-8-24(18-22(27)2)29-25-19-23(7-9-26(25)32-21-33-29)20-28-30(38)34-31(39-28)37-12-5-4-6-13-37/h7-10,18-21H,3-6,11-17H2,1-2H3. The summed E-state index contributed by atoms with van der Waals surface area (Å²) in [6.07, 6.45) is 8.39. The molecule has 3 aliphatic heterocycles. The lowest BCUT2D eigenvalue weighted by Gasteiger charge is -2.36. The molecule has 3 aliphatic rings. The number of aliphatic imine (C=N–C) groups is 1. The number of thioether (sulfide) groups is 1. The SMILES string of the molecule is CCCN1CCN(c2ccc(-c3ncnc4ccc(C=C5SC(N6CCCCC6)=NC5=O)cc34)cc2C)CC1. The van der Waals surface area contributed by atoms with Gasteiger partial charge < -0.3 is 9.80 Å². The van der Waals surface area contributed by atoms with Gasteiger partial charge in [-0.05, 0) is 92.4 Å². The van der Waals surface area contributed by atoms with Gasteiger partial charge in [0.05, 0.1) is 16.1 Å². The number of benzene rings is 2. The molecule has 0 radical (unpaired) electrons. The molecule has 1 amide bonds. The predicted molar refractivity (Wildman–Crippen MR) is 162 cm³/mol. The van der Waals surface area contributed by atoms with E-state index in [1.807, 2.05) is 18.2 Å². The number of anilines is 1. The van der Waals surface area contributed by atoms with Gasteiger partial charge in [-0.25, -0.2) is 9.97 Å². The van der Waals surface area contributed by atoms with Gasteiger partial charge in [0.2, 0.25) is 0 Å². The molecule has 7 nitrogen and oxygen atoms in total. The van der Waals surface area contributed by atoms with Crippen LogP contribution in [0.25, 0.3) is 28.2 Å². The van der Waals surface area contributed by atoms with E-state index in [-0.39, 0.29) is 5.91 Å². The predicted octanol–water partition coefficient (Wildman–Crippen LogP) is 5.59. The van der Waals surface area contributed by atoms with Crippen LogP contribution < -0.4 is 4.90 Å². The van der Waals surface area contributed by atoms with Crippen molar-refractivity contribution >= 4 is 45.5 Å². The maximum atomic E-state index is 12.7. The van der Waals surface area contributed by atoms with Crippen molar-refractivity contribution < 1.29 is 4.79 Å². The highest BCUT2D eigenvalue weighted by molar-refractivity contribution is 8.18. The molecule has 0 saturated carbocycles. The lowest BCUT2D eigenvalue weighted by Crippen LogP contribution is -2.46. The van der Waals surface area contributed by atoms with Crippen molar-refractivity contribution in [3.63, 3.8) is 0 Å². The van der Waals surface area contributed by atoms with Crippen molar-refractivity contribution in [2.45, 2.75) is 39.5 Å². The van der Waals surface area contributed by atoms with Crippen LogP contribution in [0.3, 0.4) is 0 Å². The van der Waals surface area contributed by atoms with E-state index in [0.29, 0.717) is 4.91 Å². The molecule has 0 unspecified atom stereocenters. The molecule has 3 aromatic rings. The fourth-order valence-corrected chi connectivity index (χ4v) is 6.81. The number of fused-ring (bicyclic) bond motifs is 1. The zero-order valence-corrected chi connectivity index (χ0v) is 23.7. The van der Waals surface area contributed by atoms with Gasteiger partial charge in [0, 0.05) is 55.9 Å². The molecule has 0 aliphatic carbocycles. The van der Waals surface area contributed by atoms with Gasteiger partial charge in [-0.15, -0.1) is 0 Å². The number of nitrogens with zero attached hydrogens (tertiary/aromatic N) is 6. The van der Waals surface area contributed by atoms with Crippen molar-refractivity contribution in [3.05, 3.63) is 58.8 Å². The lowest BCUT2D eigenvalue weighted by atomic mass is 10.0. The van der Waals surface area contributed by atoms with Crippen LogP contribution in [-0.2, 0) is 4.79 Å². The number of aromatic nitrogens is 2. The van der Waals surface area contributed by atoms with Gasteiger partial charge in [0.15, 0.2) is 5.17 Å². The Kier molecular flexibility index (Phi) is 7.66. The molecule has 202 valence electrons. The van der Waals surface area contributed by atoms with Crippen LogP contribution in [0.4, 0.5) is 5.69 Å². The molecule has 0 N–H and O–H groups in total. The summed E-state index contributed by atoms with van der Waals surface area (Å²) in [7, 11) is 0. The molecule has 0 spiro atoms. The first-order valence-electron chi connectivity index (χ1n) is 14.2. The molecule has 4 heterocycles.